The number of aromatic nitrogens is 3. The second-order valence-corrected chi connectivity index (χ2v) is 5.09. The zero-order chi connectivity index (χ0) is 13.8. The Morgan fingerprint density at radius 2 is 2.26 bits per heavy atom. The first-order valence-corrected chi connectivity index (χ1v) is 6.85. The van der Waals surface area contributed by atoms with Gasteiger partial charge in [0.25, 0.3) is 0 Å². The van der Waals surface area contributed by atoms with Crippen LogP contribution in [0.1, 0.15) is 25.5 Å². The fourth-order valence-corrected chi connectivity index (χ4v) is 2.02. The monoisotopic (exact) mass is 282 g/mol. The van der Waals surface area contributed by atoms with E-state index in [0.717, 1.165) is 17.0 Å². The zero-order valence-electron chi connectivity index (χ0n) is 11.4. The summed E-state index contributed by atoms with van der Waals surface area (Å²) in [4.78, 5) is 4.36. The van der Waals surface area contributed by atoms with Crippen molar-refractivity contribution in [3.05, 3.63) is 24.2 Å². The van der Waals surface area contributed by atoms with E-state index in [9.17, 15) is 0 Å². The molecule has 1 atom stereocenters. The molecule has 1 unspecified atom stereocenters. The van der Waals surface area contributed by atoms with Crippen molar-refractivity contribution in [2.75, 3.05) is 24.9 Å². The van der Waals surface area contributed by atoms with Gasteiger partial charge in [0, 0.05) is 25.4 Å². The third-order valence-corrected chi connectivity index (χ3v) is 3.27. The third-order valence-electron chi connectivity index (χ3n) is 2.90. The quantitative estimate of drug-likeness (QED) is 0.827. The highest BCUT2D eigenvalue weighted by Crippen LogP contribution is 2.20. The highest BCUT2D eigenvalue weighted by molar-refractivity contribution is 6.18. The lowest BCUT2D eigenvalue weighted by Gasteiger charge is -2.15. The van der Waals surface area contributed by atoms with E-state index in [1.165, 1.54) is 0 Å². The maximum absolute atomic E-state index is 5.91. The lowest BCUT2D eigenvalue weighted by Crippen LogP contribution is -2.27. The standard InChI is InChI=1S/C13H19ClN4O/c1-9(2)11-6-12-13(15-4-5-18(12)17-11)16-10(7-14)8-19-3/h4-6,9-10H,7-8H2,1-3H3,(H,15,16). The molecule has 0 aliphatic rings. The molecule has 5 nitrogen and oxygen atoms in total. The van der Waals surface area contributed by atoms with Crippen LogP contribution >= 0.6 is 11.6 Å². The number of fused-ring (bicyclic) bond motifs is 1. The van der Waals surface area contributed by atoms with Crippen LogP contribution in [0.4, 0.5) is 5.82 Å². The van der Waals surface area contributed by atoms with Gasteiger partial charge in [-0.05, 0) is 12.0 Å². The molecule has 2 aromatic rings. The van der Waals surface area contributed by atoms with Gasteiger partial charge in [0.15, 0.2) is 5.82 Å². The molecule has 0 saturated carbocycles. The molecule has 0 spiro atoms. The minimum absolute atomic E-state index is 0.0303. The van der Waals surface area contributed by atoms with Crippen molar-refractivity contribution >= 4 is 22.9 Å². The van der Waals surface area contributed by atoms with Crippen LogP contribution in [0.15, 0.2) is 18.5 Å². The number of halogens is 1. The molecule has 1 N–H and O–H groups in total. The molecule has 6 heteroatoms. The van der Waals surface area contributed by atoms with Gasteiger partial charge in [-0.1, -0.05) is 13.8 Å². The molecular weight excluding hydrogens is 264 g/mol. The number of alkyl halides is 1. The number of nitrogens with zero attached hydrogens (tertiary/aromatic N) is 3. The molecule has 0 fully saturated rings. The zero-order valence-corrected chi connectivity index (χ0v) is 12.2. The minimum Gasteiger partial charge on any atom is -0.383 e. The average molecular weight is 283 g/mol. The number of hydrogen-bond acceptors (Lipinski definition) is 4. The fraction of sp³-hybridized carbons (Fsp3) is 0.538. The van der Waals surface area contributed by atoms with Crippen LogP contribution in [-0.2, 0) is 4.74 Å². The van der Waals surface area contributed by atoms with E-state index in [1.807, 2.05) is 10.7 Å². The number of ether oxygens (including phenoxy) is 1. The van der Waals surface area contributed by atoms with Crippen molar-refractivity contribution < 1.29 is 4.74 Å². The summed E-state index contributed by atoms with van der Waals surface area (Å²) >= 11 is 5.91. The van der Waals surface area contributed by atoms with Gasteiger partial charge in [0.05, 0.1) is 18.3 Å². The summed E-state index contributed by atoms with van der Waals surface area (Å²) in [5.41, 5.74) is 2.00. The van der Waals surface area contributed by atoms with E-state index in [1.54, 1.807) is 13.3 Å². The summed E-state index contributed by atoms with van der Waals surface area (Å²) in [6.45, 7) is 4.78. The predicted molar refractivity (Wildman–Crippen MR) is 77.1 cm³/mol. The Labute approximate surface area is 117 Å². The second kappa shape index (κ2) is 6.21. The molecule has 0 bridgehead atoms. The maximum Gasteiger partial charge on any atom is 0.152 e. The van der Waals surface area contributed by atoms with Crippen molar-refractivity contribution in [1.82, 2.24) is 14.6 Å². The topological polar surface area (TPSA) is 51.5 Å². The van der Waals surface area contributed by atoms with Gasteiger partial charge < -0.3 is 10.1 Å². The van der Waals surface area contributed by atoms with Crippen LogP contribution < -0.4 is 5.32 Å². The van der Waals surface area contributed by atoms with Crippen molar-refractivity contribution in [3.8, 4) is 0 Å². The molecule has 0 aliphatic carbocycles. The summed E-state index contributed by atoms with van der Waals surface area (Å²) in [5, 5.41) is 7.82. The first-order chi connectivity index (χ1) is 9.15. The van der Waals surface area contributed by atoms with E-state index < -0.39 is 0 Å². The average Bonchev–Trinajstić information content (AvgIpc) is 2.83. The Bertz CT molecular complexity index is 540. The molecule has 104 valence electrons. The van der Waals surface area contributed by atoms with E-state index in [4.69, 9.17) is 16.3 Å². The fourth-order valence-electron chi connectivity index (χ4n) is 1.85. The SMILES string of the molecule is COCC(CCl)Nc1nccn2nc(C(C)C)cc12. The van der Waals surface area contributed by atoms with Gasteiger partial charge in [-0.15, -0.1) is 11.6 Å². The Morgan fingerprint density at radius 3 is 2.89 bits per heavy atom. The maximum atomic E-state index is 5.91. The first kappa shape index (κ1) is 14.1. The van der Waals surface area contributed by atoms with E-state index in [2.05, 4.69) is 35.3 Å². The Balaban J connectivity index is 2.32. The van der Waals surface area contributed by atoms with Gasteiger partial charge in [-0.25, -0.2) is 9.50 Å². The molecule has 2 rings (SSSR count). The summed E-state index contributed by atoms with van der Waals surface area (Å²) in [5.74, 6) is 1.63. The number of rotatable bonds is 6. The lowest BCUT2D eigenvalue weighted by molar-refractivity contribution is 0.191. The normalized spacial score (nSPS) is 13.1. The molecular formula is C13H19ClN4O. The Kier molecular flexibility index (Phi) is 4.61. The van der Waals surface area contributed by atoms with Gasteiger partial charge in [-0.3, -0.25) is 0 Å². The molecule has 2 aromatic heterocycles. The number of methoxy groups -OCH3 is 1. The van der Waals surface area contributed by atoms with Crippen molar-refractivity contribution in [2.24, 2.45) is 0 Å². The summed E-state index contributed by atoms with van der Waals surface area (Å²) in [6.07, 6.45) is 3.57. The largest absolute Gasteiger partial charge is 0.383 e. The number of hydrogen-bond donors (Lipinski definition) is 1. The van der Waals surface area contributed by atoms with Crippen LogP contribution in [0.2, 0.25) is 0 Å². The van der Waals surface area contributed by atoms with E-state index >= 15 is 0 Å². The first-order valence-electron chi connectivity index (χ1n) is 6.31. The molecule has 0 aliphatic heterocycles. The third kappa shape index (κ3) is 3.16. The Morgan fingerprint density at radius 1 is 1.47 bits per heavy atom. The number of nitrogens with one attached hydrogen (secondary N) is 1. The summed E-state index contributed by atoms with van der Waals surface area (Å²) < 4.78 is 6.96. The van der Waals surface area contributed by atoms with Crippen LogP contribution in [0.3, 0.4) is 0 Å². The van der Waals surface area contributed by atoms with E-state index in [0.29, 0.717) is 18.4 Å². The second-order valence-electron chi connectivity index (χ2n) is 4.78. The molecule has 0 saturated heterocycles. The Hall–Kier alpha value is -1.33. The summed E-state index contributed by atoms with van der Waals surface area (Å²) in [7, 11) is 1.66. The minimum atomic E-state index is 0.0303. The van der Waals surface area contributed by atoms with Crippen LogP contribution in [0.5, 0.6) is 0 Å². The number of anilines is 1. The van der Waals surface area contributed by atoms with Crippen LogP contribution in [-0.4, -0.2) is 40.2 Å². The molecule has 2 heterocycles. The van der Waals surface area contributed by atoms with E-state index in [-0.39, 0.29) is 6.04 Å². The van der Waals surface area contributed by atoms with Crippen molar-refractivity contribution in [1.29, 1.82) is 0 Å². The molecule has 0 aromatic carbocycles. The highest BCUT2D eigenvalue weighted by atomic mass is 35.5. The van der Waals surface area contributed by atoms with Gasteiger partial charge in [-0.2, -0.15) is 5.10 Å². The van der Waals surface area contributed by atoms with Gasteiger partial charge in [0.1, 0.15) is 5.52 Å². The van der Waals surface area contributed by atoms with Crippen molar-refractivity contribution in [2.45, 2.75) is 25.8 Å². The highest BCUT2D eigenvalue weighted by Gasteiger charge is 2.13. The van der Waals surface area contributed by atoms with Gasteiger partial charge >= 0.3 is 0 Å². The molecule has 0 amide bonds. The molecule has 0 radical (unpaired) electrons. The smallest absolute Gasteiger partial charge is 0.152 e. The molecule has 19 heavy (non-hydrogen) atoms. The van der Waals surface area contributed by atoms with Crippen LogP contribution in [0.25, 0.3) is 5.52 Å². The van der Waals surface area contributed by atoms with Crippen molar-refractivity contribution in [3.63, 3.8) is 0 Å². The van der Waals surface area contributed by atoms with Gasteiger partial charge in [0.2, 0.25) is 0 Å². The summed E-state index contributed by atoms with van der Waals surface area (Å²) in [6, 6.07) is 2.08. The predicted octanol–water partition coefficient (Wildman–Crippen LogP) is 2.52. The lowest BCUT2D eigenvalue weighted by atomic mass is 10.1. The van der Waals surface area contributed by atoms with Crippen LogP contribution in [0, 0.1) is 0 Å².